The van der Waals surface area contributed by atoms with E-state index in [9.17, 15) is 4.39 Å². The molecular weight excluding hydrogens is 275 g/mol. The summed E-state index contributed by atoms with van der Waals surface area (Å²) in [5.41, 5.74) is 0.706. The van der Waals surface area contributed by atoms with Gasteiger partial charge in [0, 0.05) is 5.75 Å². The number of halogens is 1. The molecule has 0 aliphatic heterocycles. The molecule has 2 nitrogen and oxygen atoms in total. The van der Waals surface area contributed by atoms with Crippen LogP contribution in [-0.2, 0) is 5.75 Å². The summed E-state index contributed by atoms with van der Waals surface area (Å²) in [6.07, 6.45) is 0. The van der Waals surface area contributed by atoms with E-state index >= 15 is 0 Å². The van der Waals surface area contributed by atoms with Crippen LogP contribution < -0.4 is 0 Å². The molecule has 0 radical (unpaired) electrons. The molecule has 0 N–H and O–H groups in total. The Balaban J connectivity index is 1.95. The molecule has 1 aromatic heterocycles. The van der Waals surface area contributed by atoms with Crippen LogP contribution in [0.1, 0.15) is 12.5 Å². The number of rotatable bonds is 5. The smallest absolute Gasteiger partial charge is 0.175 e. The second-order valence-electron chi connectivity index (χ2n) is 3.15. The zero-order valence-electron chi connectivity index (χ0n) is 9.22. The van der Waals surface area contributed by atoms with Gasteiger partial charge in [0.15, 0.2) is 8.68 Å². The van der Waals surface area contributed by atoms with Gasteiger partial charge in [-0.05, 0) is 17.4 Å². The number of hydrogen-bond acceptors (Lipinski definition) is 5. The van der Waals surface area contributed by atoms with Crippen LogP contribution in [0.5, 0.6) is 0 Å². The summed E-state index contributed by atoms with van der Waals surface area (Å²) in [7, 11) is 0. The highest BCUT2D eigenvalue weighted by Crippen LogP contribution is 2.30. The van der Waals surface area contributed by atoms with Crippen LogP contribution in [0, 0.1) is 5.82 Å². The second kappa shape index (κ2) is 6.37. The predicted octanol–water partition coefficient (Wildman–Crippen LogP) is 4.08. The van der Waals surface area contributed by atoms with E-state index in [2.05, 4.69) is 17.1 Å². The maximum absolute atomic E-state index is 13.4. The van der Waals surface area contributed by atoms with Gasteiger partial charge in [-0.25, -0.2) is 4.39 Å². The summed E-state index contributed by atoms with van der Waals surface area (Å²) < 4.78 is 15.2. The van der Waals surface area contributed by atoms with Crippen molar-refractivity contribution < 1.29 is 4.39 Å². The number of hydrogen-bond donors (Lipinski definition) is 0. The van der Waals surface area contributed by atoms with Crippen molar-refractivity contribution in [3.8, 4) is 0 Å². The fourth-order valence-corrected chi connectivity index (χ4v) is 4.10. The maximum Gasteiger partial charge on any atom is 0.175 e. The molecule has 0 saturated carbocycles. The Morgan fingerprint density at radius 2 is 1.88 bits per heavy atom. The zero-order chi connectivity index (χ0) is 12.1. The zero-order valence-corrected chi connectivity index (χ0v) is 11.7. The average Bonchev–Trinajstić information content (AvgIpc) is 2.76. The minimum Gasteiger partial charge on any atom is -0.207 e. The first kappa shape index (κ1) is 12.9. The molecule has 2 rings (SSSR count). The average molecular weight is 286 g/mol. The monoisotopic (exact) mass is 286 g/mol. The van der Waals surface area contributed by atoms with Crippen molar-refractivity contribution in [2.24, 2.45) is 0 Å². The first-order valence-electron chi connectivity index (χ1n) is 5.12. The first-order valence-corrected chi connectivity index (χ1v) is 7.91. The lowest BCUT2D eigenvalue weighted by molar-refractivity contribution is 0.617. The lowest BCUT2D eigenvalue weighted by Gasteiger charge is -1.99. The highest BCUT2D eigenvalue weighted by atomic mass is 32.2. The van der Waals surface area contributed by atoms with E-state index in [-0.39, 0.29) is 5.82 Å². The molecule has 90 valence electrons. The van der Waals surface area contributed by atoms with Crippen LogP contribution in [0.4, 0.5) is 4.39 Å². The van der Waals surface area contributed by atoms with Crippen molar-refractivity contribution in [1.82, 2.24) is 10.2 Å². The molecule has 2 aromatic rings. The van der Waals surface area contributed by atoms with Crippen molar-refractivity contribution in [3.63, 3.8) is 0 Å². The second-order valence-corrected chi connectivity index (χ2v) is 6.86. The standard InChI is InChI=1S/C11H11FN2S3/c1-2-15-10-13-14-11(17-10)16-7-8-5-3-4-6-9(8)12/h3-6H,2,7H2,1H3. The lowest BCUT2D eigenvalue weighted by atomic mass is 10.2. The van der Waals surface area contributed by atoms with Gasteiger partial charge in [-0.15, -0.1) is 10.2 Å². The Morgan fingerprint density at radius 3 is 2.59 bits per heavy atom. The summed E-state index contributed by atoms with van der Waals surface area (Å²) in [6.45, 7) is 2.08. The van der Waals surface area contributed by atoms with Crippen molar-refractivity contribution in [2.45, 2.75) is 21.4 Å². The van der Waals surface area contributed by atoms with E-state index in [1.54, 1.807) is 35.2 Å². The van der Waals surface area contributed by atoms with Gasteiger partial charge in [-0.1, -0.05) is 60.0 Å². The van der Waals surface area contributed by atoms with E-state index in [1.165, 1.54) is 17.8 Å². The van der Waals surface area contributed by atoms with Crippen LogP contribution in [0.15, 0.2) is 32.9 Å². The highest BCUT2D eigenvalue weighted by molar-refractivity contribution is 8.02. The fourth-order valence-electron chi connectivity index (χ4n) is 1.19. The van der Waals surface area contributed by atoms with Crippen LogP contribution in [0.3, 0.4) is 0 Å². The summed E-state index contributed by atoms with van der Waals surface area (Å²) >= 11 is 4.77. The molecule has 0 aliphatic carbocycles. The summed E-state index contributed by atoms with van der Waals surface area (Å²) in [6, 6.07) is 6.82. The molecule has 0 saturated heterocycles. The van der Waals surface area contributed by atoms with Crippen LogP contribution in [0.2, 0.25) is 0 Å². The minimum atomic E-state index is -0.160. The van der Waals surface area contributed by atoms with Crippen LogP contribution in [-0.4, -0.2) is 16.0 Å². The number of thioether (sulfide) groups is 2. The molecular formula is C11H11FN2S3. The first-order chi connectivity index (χ1) is 8.29. The van der Waals surface area contributed by atoms with E-state index in [0.29, 0.717) is 11.3 Å². The molecule has 0 fully saturated rings. The maximum atomic E-state index is 13.4. The number of nitrogens with zero attached hydrogens (tertiary/aromatic N) is 2. The van der Waals surface area contributed by atoms with Crippen LogP contribution >= 0.6 is 34.9 Å². The van der Waals surface area contributed by atoms with Gasteiger partial charge in [0.1, 0.15) is 5.82 Å². The molecule has 0 atom stereocenters. The number of benzene rings is 1. The van der Waals surface area contributed by atoms with E-state index in [0.717, 1.165) is 14.4 Å². The van der Waals surface area contributed by atoms with Crippen molar-refractivity contribution in [2.75, 3.05) is 5.75 Å². The van der Waals surface area contributed by atoms with Gasteiger partial charge in [-0.3, -0.25) is 0 Å². The van der Waals surface area contributed by atoms with Gasteiger partial charge in [0.2, 0.25) is 0 Å². The van der Waals surface area contributed by atoms with E-state index in [4.69, 9.17) is 0 Å². The normalized spacial score (nSPS) is 10.7. The molecule has 0 unspecified atom stereocenters. The molecule has 0 amide bonds. The molecule has 17 heavy (non-hydrogen) atoms. The van der Waals surface area contributed by atoms with Crippen molar-refractivity contribution in [1.29, 1.82) is 0 Å². The third kappa shape index (κ3) is 3.69. The molecule has 0 bridgehead atoms. The Bertz CT molecular complexity index is 487. The topological polar surface area (TPSA) is 25.8 Å². The van der Waals surface area contributed by atoms with Gasteiger partial charge in [0.05, 0.1) is 0 Å². The Hall–Kier alpha value is -0.590. The number of aromatic nitrogens is 2. The van der Waals surface area contributed by atoms with Crippen molar-refractivity contribution >= 4 is 34.9 Å². The molecule has 6 heteroatoms. The Morgan fingerprint density at radius 1 is 1.18 bits per heavy atom. The fraction of sp³-hybridized carbons (Fsp3) is 0.273. The lowest BCUT2D eigenvalue weighted by Crippen LogP contribution is -1.85. The van der Waals surface area contributed by atoms with E-state index in [1.807, 2.05) is 6.07 Å². The molecule has 0 aliphatic rings. The molecule has 0 spiro atoms. The minimum absolute atomic E-state index is 0.160. The summed E-state index contributed by atoms with van der Waals surface area (Å²) in [5.74, 6) is 1.43. The van der Waals surface area contributed by atoms with Crippen LogP contribution in [0.25, 0.3) is 0 Å². The Labute approximate surface area is 112 Å². The SMILES string of the molecule is CCSc1nnc(SCc2ccccc2F)s1. The molecule has 1 aromatic carbocycles. The van der Waals surface area contributed by atoms with Gasteiger partial charge >= 0.3 is 0 Å². The third-order valence-electron chi connectivity index (χ3n) is 1.96. The van der Waals surface area contributed by atoms with E-state index < -0.39 is 0 Å². The molecule has 1 heterocycles. The summed E-state index contributed by atoms with van der Waals surface area (Å²) in [5, 5.41) is 8.13. The largest absolute Gasteiger partial charge is 0.207 e. The summed E-state index contributed by atoms with van der Waals surface area (Å²) in [4.78, 5) is 0. The third-order valence-corrected chi connectivity index (χ3v) is 5.09. The predicted molar refractivity (Wildman–Crippen MR) is 72.3 cm³/mol. The highest BCUT2D eigenvalue weighted by Gasteiger charge is 2.06. The van der Waals surface area contributed by atoms with Gasteiger partial charge in [-0.2, -0.15) is 0 Å². The van der Waals surface area contributed by atoms with Gasteiger partial charge in [0.25, 0.3) is 0 Å². The van der Waals surface area contributed by atoms with Gasteiger partial charge < -0.3 is 0 Å². The Kier molecular flexibility index (Phi) is 4.82. The van der Waals surface area contributed by atoms with Crippen molar-refractivity contribution in [3.05, 3.63) is 35.6 Å². The quantitative estimate of drug-likeness (QED) is 0.773.